The molecule has 0 saturated carbocycles. The third-order valence-electron chi connectivity index (χ3n) is 4.40. The molecule has 1 saturated heterocycles. The number of nitrogens with one attached hydrogen (secondary N) is 1. The van der Waals surface area contributed by atoms with Crippen molar-refractivity contribution in [1.82, 2.24) is 0 Å². The summed E-state index contributed by atoms with van der Waals surface area (Å²) in [5, 5.41) is 3.08. The molecule has 1 heterocycles. The summed E-state index contributed by atoms with van der Waals surface area (Å²) in [6, 6.07) is 13.8. The zero-order chi connectivity index (χ0) is 20.8. The van der Waals surface area contributed by atoms with Crippen molar-refractivity contribution in [3.63, 3.8) is 0 Å². The normalized spacial score (nSPS) is 15.9. The number of carbonyl (C=O) groups excluding carboxylic acids is 3. The number of esters is 1. The minimum absolute atomic E-state index is 0.0184. The molecular weight excluding hydrogens is 396 g/mol. The molecule has 8 heteroatoms. The maximum Gasteiger partial charge on any atom is 0.311 e. The Morgan fingerprint density at radius 1 is 1.17 bits per heavy atom. The molecule has 29 heavy (non-hydrogen) atoms. The molecule has 1 aliphatic rings. The lowest BCUT2D eigenvalue weighted by molar-refractivity contribution is -0.151. The molecule has 1 atom stereocenters. The lowest BCUT2D eigenvalue weighted by atomic mass is 10.1. The number of halogens is 1. The van der Waals surface area contributed by atoms with Crippen molar-refractivity contribution in [2.24, 2.45) is 5.92 Å². The summed E-state index contributed by atoms with van der Waals surface area (Å²) in [7, 11) is 0. The Bertz CT molecular complexity index is 900. The van der Waals surface area contributed by atoms with Crippen LogP contribution in [0.5, 0.6) is 5.75 Å². The number of para-hydroxylation sites is 1. The van der Waals surface area contributed by atoms with E-state index in [0.29, 0.717) is 28.8 Å². The van der Waals surface area contributed by atoms with Gasteiger partial charge in [-0.15, -0.1) is 0 Å². The van der Waals surface area contributed by atoms with Crippen molar-refractivity contribution in [3.8, 4) is 5.75 Å². The number of hydrogen-bond donors (Lipinski definition) is 1. The maximum atomic E-state index is 12.3. The van der Waals surface area contributed by atoms with Crippen LogP contribution in [0.1, 0.15) is 13.3 Å². The van der Waals surface area contributed by atoms with Crippen LogP contribution in [0.2, 0.25) is 5.02 Å². The molecule has 3 rings (SSSR count). The van der Waals surface area contributed by atoms with Crippen molar-refractivity contribution in [1.29, 1.82) is 0 Å². The first-order valence-electron chi connectivity index (χ1n) is 9.22. The van der Waals surface area contributed by atoms with E-state index >= 15 is 0 Å². The highest BCUT2D eigenvalue weighted by Crippen LogP contribution is 2.31. The summed E-state index contributed by atoms with van der Waals surface area (Å²) in [5.74, 6) is -1.20. The van der Waals surface area contributed by atoms with Gasteiger partial charge in [0, 0.05) is 18.7 Å². The Morgan fingerprint density at radius 3 is 2.59 bits per heavy atom. The van der Waals surface area contributed by atoms with Crippen LogP contribution < -0.4 is 15.0 Å². The quantitative estimate of drug-likeness (QED) is 0.700. The van der Waals surface area contributed by atoms with Crippen molar-refractivity contribution in [3.05, 3.63) is 53.6 Å². The topological polar surface area (TPSA) is 84.9 Å². The maximum absolute atomic E-state index is 12.3. The van der Waals surface area contributed by atoms with Crippen LogP contribution in [0, 0.1) is 5.92 Å². The highest BCUT2D eigenvalue weighted by atomic mass is 35.5. The summed E-state index contributed by atoms with van der Waals surface area (Å²) in [6.45, 7) is 2.18. The first-order valence-corrected chi connectivity index (χ1v) is 9.60. The van der Waals surface area contributed by atoms with Gasteiger partial charge in [-0.2, -0.15) is 0 Å². The molecule has 152 valence electrons. The van der Waals surface area contributed by atoms with E-state index in [0.717, 1.165) is 0 Å². The first-order chi connectivity index (χ1) is 14.0. The molecule has 2 amide bonds. The van der Waals surface area contributed by atoms with Crippen LogP contribution in [0.25, 0.3) is 0 Å². The van der Waals surface area contributed by atoms with Crippen molar-refractivity contribution >= 4 is 40.8 Å². The van der Waals surface area contributed by atoms with Gasteiger partial charge in [0.15, 0.2) is 6.61 Å². The van der Waals surface area contributed by atoms with Crippen LogP contribution in [-0.2, 0) is 19.1 Å². The van der Waals surface area contributed by atoms with Crippen LogP contribution in [0.4, 0.5) is 11.4 Å². The average molecular weight is 417 g/mol. The van der Waals surface area contributed by atoms with E-state index in [1.165, 1.54) is 4.90 Å². The van der Waals surface area contributed by atoms with Gasteiger partial charge in [-0.1, -0.05) is 23.7 Å². The summed E-state index contributed by atoms with van der Waals surface area (Å²) in [4.78, 5) is 38.1. The van der Waals surface area contributed by atoms with E-state index in [9.17, 15) is 14.4 Å². The van der Waals surface area contributed by atoms with Gasteiger partial charge in [0.25, 0.3) is 5.91 Å². The molecule has 0 spiro atoms. The molecule has 1 aliphatic heterocycles. The van der Waals surface area contributed by atoms with Crippen LogP contribution in [-0.4, -0.2) is 37.5 Å². The lowest BCUT2D eigenvalue weighted by Gasteiger charge is -2.17. The van der Waals surface area contributed by atoms with Crippen LogP contribution in [0.15, 0.2) is 48.5 Å². The summed E-state index contributed by atoms with van der Waals surface area (Å²) in [6.07, 6.45) is 0.0184. The summed E-state index contributed by atoms with van der Waals surface area (Å²) < 4.78 is 10.4. The molecule has 0 unspecified atom stereocenters. The number of hydrogen-bond acceptors (Lipinski definition) is 5. The van der Waals surface area contributed by atoms with E-state index in [2.05, 4.69) is 5.32 Å². The van der Waals surface area contributed by atoms with E-state index < -0.39 is 24.4 Å². The highest BCUT2D eigenvalue weighted by Gasteiger charge is 2.37. The van der Waals surface area contributed by atoms with Gasteiger partial charge < -0.3 is 19.7 Å². The average Bonchev–Trinajstić information content (AvgIpc) is 3.10. The molecule has 7 nitrogen and oxygen atoms in total. The number of nitrogens with zero attached hydrogens (tertiary/aromatic N) is 1. The van der Waals surface area contributed by atoms with Gasteiger partial charge >= 0.3 is 5.97 Å². The summed E-state index contributed by atoms with van der Waals surface area (Å²) >= 11 is 6.13. The number of ether oxygens (including phenoxy) is 2. The smallest absolute Gasteiger partial charge is 0.311 e. The minimum atomic E-state index is -0.642. The standard InChI is InChI=1S/C21H21ClN2O5/c1-2-28-16-9-7-15(8-10-16)23-19(25)13-29-21(27)14-11-20(26)24(12-14)18-6-4-3-5-17(18)22/h3-10,14H,2,11-13H2,1H3,(H,23,25)/t14-/m1/s1. The van der Waals surface area contributed by atoms with Gasteiger partial charge in [-0.25, -0.2) is 0 Å². The van der Waals surface area contributed by atoms with Crippen molar-refractivity contribution < 1.29 is 23.9 Å². The van der Waals surface area contributed by atoms with Gasteiger partial charge in [-0.3, -0.25) is 14.4 Å². The number of amides is 2. The Kier molecular flexibility index (Phi) is 6.72. The molecule has 1 fully saturated rings. The molecular formula is C21H21ClN2O5. The van der Waals surface area contributed by atoms with Crippen LogP contribution >= 0.6 is 11.6 Å². The number of benzene rings is 2. The predicted molar refractivity (Wildman–Crippen MR) is 109 cm³/mol. The fourth-order valence-corrected chi connectivity index (χ4v) is 3.26. The molecule has 1 N–H and O–H groups in total. The van der Waals surface area contributed by atoms with Gasteiger partial charge in [0.1, 0.15) is 5.75 Å². The Balaban J connectivity index is 1.50. The second-order valence-electron chi connectivity index (χ2n) is 6.47. The number of anilines is 2. The molecule has 2 aromatic carbocycles. The second-order valence-corrected chi connectivity index (χ2v) is 6.88. The zero-order valence-corrected chi connectivity index (χ0v) is 16.6. The fourth-order valence-electron chi connectivity index (χ4n) is 3.02. The Labute approximate surface area is 173 Å². The van der Waals surface area contributed by atoms with E-state index in [4.69, 9.17) is 21.1 Å². The van der Waals surface area contributed by atoms with Gasteiger partial charge in [-0.05, 0) is 43.3 Å². The molecule has 0 aromatic heterocycles. The Hall–Kier alpha value is -3.06. The summed E-state index contributed by atoms with van der Waals surface area (Å²) in [5.41, 5.74) is 1.12. The fraction of sp³-hybridized carbons (Fsp3) is 0.286. The van der Waals surface area contributed by atoms with Crippen LogP contribution in [0.3, 0.4) is 0 Å². The minimum Gasteiger partial charge on any atom is -0.494 e. The van der Waals surface area contributed by atoms with Gasteiger partial charge in [0.2, 0.25) is 5.91 Å². The number of carbonyl (C=O) groups is 3. The van der Waals surface area contributed by atoms with E-state index in [1.807, 2.05) is 6.92 Å². The van der Waals surface area contributed by atoms with Crippen molar-refractivity contribution in [2.45, 2.75) is 13.3 Å². The molecule has 2 aromatic rings. The molecule has 0 bridgehead atoms. The SMILES string of the molecule is CCOc1ccc(NC(=O)COC(=O)[C@@H]2CC(=O)N(c3ccccc3Cl)C2)cc1. The number of rotatable bonds is 7. The molecule has 0 radical (unpaired) electrons. The zero-order valence-electron chi connectivity index (χ0n) is 15.9. The van der Waals surface area contributed by atoms with Gasteiger partial charge in [0.05, 0.1) is 23.2 Å². The second kappa shape index (κ2) is 9.43. The van der Waals surface area contributed by atoms with E-state index in [1.54, 1.807) is 48.5 Å². The van der Waals surface area contributed by atoms with E-state index in [-0.39, 0.29) is 18.9 Å². The third-order valence-corrected chi connectivity index (χ3v) is 4.72. The predicted octanol–water partition coefficient (Wildman–Crippen LogP) is 3.27. The Morgan fingerprint density at radius 2 is 1.90 bits per heavy atom. The first kappa shape index (κ1) is 20.7. The monoisotopic (exact) mass is 416 g/mol. The van der Waals surface area contributed by atoms with Crippen molar-refractivity contribution in [2.75, 3.05) is 30.0 Å². The third kappa shape index (κ3) is 5.26. The molecule has 0 aliphatic carbocycles. The lowest BCUT2D eigenvalue weighted by Crippen LogP contribution is -2.28. The largest absolute Gasteiger partial charge is 0.494 e. The highest BCUT2D eigenvalue weighted by molar-refractivity contribution is 6.33.